The molecule has 0 radical (unpaired) electrons. The second-order valence-electron chi connectivity index (χ2n) is 3.91. The van der Waals surface area contributed by atoms with Crippen molar-refractivity contribution in [2.24, 2.45) is 0 Å². The fourth-order valence-corrected chi connectivity index (χ4v) is 1.94. The number of carbonyl (C=O) groups is 1. The van der Waals surface area contributed by atoms with Gasteiger partial charge in [0.05, 0.1) is 0 Å². The third kappa shape index (κ3) is 2.89. The van der Waals surface area contributed by atoms with Gasteiger partial charge in [0, 0.05) is 26.2 Å². The van der Waals surface area contributed by atoms with Crippen molar-refractivity contribution in [3.63, 3.8) is 0 Å². The van der Waals surface area contributed by atoms with E-state index in [0.717, 1.165) is 32.6 Å². The average molecular weight is 198 g/mol. The second-order valence-corrected chi connectivity index (χ2v) is 3.91. The Hall–Kier alpha value is -0.730. The van der Waals surface area contributed by atoms with Crippen LogP contribution in [0.3, 0.4) is 0 Å². The van der Waals surface area contributed by atoms with Crippen LogP contribution in [0.15, 0.2) is 0 Å². The second kappa shape index (κ2) is 5.89. The van der Waals surface area contributed by atoms with Crippen LogP contribution in [0.1, 0.15) is 39.5 Å². The molecule has 14 heavy (non-hydrogen) atoms. The van der Waals surface area contributed by atoms with E-state index in [1.54, 1.807) is 0 Å². The molecule has 82 valence electrons. The fraction of sp³-hybridized carbons (Fsp3) is 0.909. The molecule has 0 aromatic carbocycles. The Bertz CT molecular complexity index is 169. The van der Waals surface area contributed by atoms with Gasteiger partial charge in [-0.05, 0) is 32.6 Å². The highest BCUT2D eigenvalue weighted by Crippen LogP contribution is 2.11. The molecule has 0 saturated carbocycles. The van der Waals surface area contributed by atoms with E-state index >= 15 is 0 Å². The normalized spacial score (nSPS) is 16.9. The molecule has 0 aromatic rings. The van der Waals surface area contributed by atoms with Gasteiger partial charge in [0.1, 0.15) is 0 Å². The van der Waals surface area contributed by atoms with Crippen LogP contribution in [0.4, 0.5) is 4.79 Å². The molecule has 3 nitrogen and oxygen atoms in total. The highest BCUT2D eigenvalue weighted by molar-refractivity contribution is 5.74. The van der Waals surface area contributed by atoms with Crippen molar-refractivity contribution in [1.82, 2.24) is 9.80 Å². The minimum atomic E-state index is 0.244. The van der Waals surface area contributed by atoms with Crippen LogP contribution in [0.2, 0.25) is 0 Å². The first kappa shape index (κ1) is 11.3. The zero-order valence-electron chi connectivity index (χ0n) is 9.46. The summed E-state index contributed by atoms with van der Waals surface area (Å²) in [6.45, 7) is 7.82. The molecular formula is C11H22N2O. The van der Waals surface area contributed by atoms with E-state index in [4.69, 9.17) is 0 Å². The van der Waals surface area contributed by atoms with Crippen molar-refractivity contribution >= 4 is 6.03 Å². The third-order valence-electron chi connectivity index (χ3n) is 2.77. The Morgan fingerprint density at radius 3 is 2.36 bits per heavy atom. The Labute approximate surface area is 87.1 Å². The molecule has 0 aromatic heterocycles. The van der Waals surface area contributed by atoms with E-state index in [1.165, 1.54) is 19.3 Å². The number of amides is 2. The van der Waals surface area contributed by atoms with Crippen LogP contribution in [0.25, 0.3) is 0 Å². The topological polar surface area (TPSA) is 23.6 Å². The zero-order valence-corrected chi connectivity index (χ0v) is 9.46. The van der Waals surface area contributed by atoms with E-state index in [2.05, 4.69) is 13.8 Å². The van der Waals surface area contributed by atoms with Crippen LogP contribution < -0.4 is 0 Å². The number of urea groups is 1. The van der Waals surface area contributed by atoms with E-state index in [0.29, 0.717) is 0 Å². The van der Waals surface area contributed by atoms with Crippen LogP contribution in [-0.2, 0) is 0 Å². The molecule has 3 heteroatoms. The number of hydrogen-bond donors (Lipinski definition) is 0. The SMILES string of the molecule is CCCN(CC)C(=O)N1CCCCC1. The molecule has 0 unspecified atom stereocenters. The smallest absolute Gasteiger partial charge is 0.319 e. The van der Waals surface area contributed by atoms with E-state index < -0.39 is 0 Å². The molecule has 2 amide bonds. The summed E-state index contributed by atoms with van der Waals surface area (Å²) in [6, 6.07) is 0.244. The Morgan fingerprint density at radius 2 is 1.86 bits per heavy atom. The van der Waals surface area contributed by atoms with Gasteiger partial charge in [0.15, 0.2) is 0 Å². The summed E-state index contributed by atoms with van der Waals surface area (Å²) in [5.41, 5.74) is 0. The highest BCUT2D eigenvalue weighted by Gasteiger charge is 2.20. The lowest BCUT2D eigenvalue weighted by atomic mass is 10.1. The van der Waals surface area contributed by atoms with Crippen LogP contribution in [0, 0.1) is 0 Å². The van der Waals surface area contributed by atoms with Gasteiger partial charge in [0.2, 0.25) is 0 Å². The average Bonchev–Trinajstić information content (AvgIpc) is 2.26. The Kier molecular flexibility index (Phi) is 4.77. The molecule has 1 saturated heterocycles. The largest absolute Gasteiger partial charge is 0.325 e. The standard InChI is InChI=1S/C11H22N2O/c1-3-8-12(4-2)11(14)13-9-6-5-7-10-13/h3-10H2,1-2H3. The van der Waals surface area contributed by atoms with Crippen LogP contribution in [-0.4, -0.2) is 42.0 Å². The van der Waals surface area contributed by atoms with Crippen molar-refractivity contribution in [1.29, 1.82) is 0 Å². The lowest BCUT2D eigenvalue weighted by Gasteiger charge is -2.32. The van der Waals surface area contributed by atoms with Gasteiger partial charge >= 0.3 is 6.03 Å². The number of carbonyl (C=O) groups excluding carboxylic acids is 1. The summed E-state index contributed by atoms with van der Waals surface area (Å²) >= 11 is 0. The maximum Gasteiger partial charge on any atom is 0.319 e. The Morgan fingerprint density at radius 1 is 1.21 bits per heavy atom. The molecular weight excluding hydrogens is 176 g/mol. The molecule has 1 aliphatic rings. The van der Waals surface area contributed by atoms with Crippen molar-refractivity contribution in [2.75, 3.05) is 26.2 Å². The summed E-state index contributed by atoms with van der Waals surface area (Å²) in [5.74, 6) is 0. The van der Waals surface area contributed by atoms with Crippen molar-refractivity contribution in [2.45, 2.75) is 39.5 Å². The van der Waals surface area contributed by atoms with Gasteiger partial charge in [0.25, 0.3) is 0 Å². The molecule has 0 bridgehead atoms. The van der Waals surface area contributed by atoms with Crippen molar-refractivity contribution in [3.8, 4) is 0 Å². The number of piperidine rings is 1. The van der Waals surface area contributed by atoms with Gasteiger partial charge in [-0.25, -0.2) is 4.79 Å². The lowest BCUT2D eigenvalue weighted by molar-refractivity contribution is 0.145. The summed E-state index contributed by atoms with van der Waals surface area (Å²) in [4.78, 5) is 15.9. The van der Waals surface area contributed by atoms with E-state index in [9.17, 15) is 4.79 Å². The molecule has 1 rings (SSSR count). The van der Waals surface area contributed by atoms with Gasteiger partial charge in [-0.1, -0.05) is 6.92 Å². The number of likely N-dealkylation sites (tertiary alicyclic amines) is 1. The highest BCUT2D eigenvalue weighted by atomic mass is 16.2. The summed E-state index contributed by atoms with van der Waals surface area (Å²) in [6.07, 6.45) is 4.68. The maximum atomic E-state index is 12.0. The summed E-state index contributed by atoms with van der Waals surface area (Å²) in [5, 5.41) is 0. The van der Waals surface area contributed by atoms with Crippen molar-refractivity contribution in [3.05, 3.63) is 0 Å². The first-order valence-electron chi connectivity index (χ1n) is 5.83. The first-order valence-corrected chi connectivity index (χ1v) is 5.83. The number of nitrogens with zero attached hydrogens (tertiary/aromatic N) is 2. The maximum absolute atomic E-state index is 12.0. The summed E-state index contributed by atoms with van der Waals surface area (Å²) in [7, 11) is 0. The predicted molar refractivity (Wildman–Crippen MR) is 58.4 cm³/mol. The molecule has 0 aliphatic carbocycles. The minimum Gasteiger partial charge on any atom is -0.325 e. The Balaban J connectivity index is 2.43. The molecule has 0 N–H and O–H groups in total. The zero-order chi connectivity index (χ0) is 10.4. The van der Waals surface area contributed by atoms with Gasteiger partial charge in [-0.2, -0.15) is 0 Å². The van der Waals surface area contributed by atoms with Crippen LogP contribution >= 0.6 is 0 Å². The number of hydrogen-bond acceptors (Lipinski definition) is 1. The number of rotatable bonds is 3. The quantitative estimate of drug-likeness (QED) is 0.682. The van der Waals surface area contributed by atoms with Crippen LogP contribution in [0.5, 0.6) is 0 Å². The van der Waals surface area contributed by atoms with Gasteiger partial charge in [-0.15, -0.1) is 0 Å². The van der Waals surface area contributed by atoms with E-state index in [1.807, 2.05) is 9.80 Å². The minimum absolute atomic E-state index is 0.244. The van der Waals surface area contributed by atoms with Gasteiger partial charge < -0.3 is 9.80 Å². The van der Waals surface area contributed by atoms with Gasteiger partial charge in [-0.3, -0.25) is 0 Å². The summed E-state index contributed by atoms with van der Waals surface area (Å²) < 4.78 is 0. The molecule has 1 heterocycles. The monoisotopic (exact) mass is 198 g/mol. The molecule has 1 fully saturated rings. The van der Waals surface area contributed by atoms with Crippen molar-refractivity contribution < 1.29 is 4.79 Å². The molecule has 0 spiro atoms. The molecule has 1 aliphatic heterocycles. The molecule has 0 atom stereocenters. The lowest BCUT2D eigenvalue weighted by Crippen LogP contribution is -2.45. The predicted octanol–water partition coefficient (Wildman–Crippen LogP) is 2.32. The van der Waals surface area contributed by atoms with E-state index in [-0.39, 0.29) is 6.03 Å². The first-order chi connectivity index (χ1) is 6.79. The fourth-order valence-electron chi connectivity index (χ4n) is 1.94. The third-order valence-corrected chi connectivity index (χ3v) is 2.77.